The van der Waals surface area contributed by atoms with Gasteiger partial charge in [-0.1, -0.05) is 5.16 Å². The normalized spacial score (nSPS) is 22.3. The molecule has 0 N–H and O–H groups in total. The largest absolute Gasteiger partial charge is 0.366 e. The van der Waals surface area contributed by atoms with Crippen LogP contribution in [0.3, 0.4) is 0 Å². The highest BCUT2D eigenvalue weighted by Crippen LogP contribution is 2.25. The second kappa shape index (κ2) is 7.26. The minimum Gasteiger partial charge on any atom is -0.366 e. The molecule has 140 valence electrons. The first-order valence-electron chi connectivity index (χ1n) is 8.96. The van der Waals surface area contributed by atoms with Crippen LogP contribution in [-0.4, -0.2) is 82.8 Å². The van der Waals surface area contributed by atoms with Gasteiger partial charge in [0.2, 0.25) is 5.95 Å². The molecule has 9 heteroatoms. The Labute approximate surface area is 153 Å². The van der Waals surface area contributed by atoms with Gasteiger partial charge in [0, 0.05) is 59.1 Å². The highest BCUT2D eigenvalue weighted by atomic mass is 16.5. The Balaban J connectivity index is 1.30. The smallest absolute Gasteiger partial charge is 0.257 e. The quantitative estimate of drug-likeness (QED) is 0.757. The number of anilines is 1. The molecule has 2 aromatic heterocycles. The summed E-state index contributed by atoms with van der Waals surface area (Å²) in [5.74, 6) is 1.99. The number of nitrogens with zero attached hydrogens (tertiary/aromatic N) is 7. The highest BCUT2D eigenvalue weighted by molar-refractivity contribution is 5.27. The van der Waals surface area contributed by atoms with Crippen molar-refractivity contribution in [1.82, 2.24) is 29.9 Å². The molecule has 1 unspecified atom stereocenters. The van der Waals surface area contributed by atoms with E-state index in [1.165, 1.54) is 0 Å². The SMILES string of the molecule is Cc1noc(C2CN(C3CN(Cc4ccnc(N(C)C)n4)C3)CCO2)n1. The average molecular weight is 359 g/mol. The lowest BCUT2D eigenvalue weighted by atomic mass is 10.1. The number of rotatable bonds is 5. The lowest BCUT2D eigenvalue weighted by molar-refractivity contribution is -0.0844. The van der Waals surface area contributed by atoms with Crippen molar-refractivity contribution in [3.63, 3.8) is 0 Å². The maximum Gasteiger partial charge on any atom is 0.257 e. The Morgan fingerprint density at radius 1 is 1.23 bits per heavy atom. The van der Waals surface area contributed by atoms with E-state index in [4.69, 9.17) is 9.26 Å². The van der Waals surface area contributed by atoms with Gasteiger partial charge in [0.1, 0.15) is 6.10 Å². The number of hydrogen-bond donors (Lipinski definition) is 0. The van der Waals surface area contributed by atoms with Crippen LogP contribution in [0.2, 0.25) is 0 Å². The minimum absolute atomic E-state index is 0.122. The second-order valence-corrected chi connectivity index (χ2v) is 7.12. The first-order chi connectivity index (χ1) is 12.6. The molecule has 2 saturated heterocycles. The Morgan fingerprint density at radius 2 is 2.08 bits per heavy atom. The fourth-order valence-corrected chi connectivity index (χ4v) is 3.41. The van der Waals surface area contributed by atoms with Gasteiger partial charge < -0.3 is 14.2 Å². The lowest BCUT2D eigenvalue weighted by Crippen LogP contribution is -2.61. The number of morpholine rings is 1. The zero-order valence-corrected chi connectivity index (χ0v) is 15.5. The maximum atomic E-state index is 5.81. The van der Waals surface area contributed by atoms with Crippen molar-refractivity contribution in [2.45, 2.75) is 25.6 Å². The molecule has 2 aliphatic rings. The van der Waals surface area contributed by atoms with E-state index in [1.54, 1.807) is 0 Å². The van der Waals surface area contributed by atoms with E-state index < -0.39 is 0 Å². The molecule has 0 radical (unpaired) electrons. The summed E-state index contributed by atoms with van der Waals surface area (Å²) in [7, 11) is 3.91. The molecule has 0 amide bonds. The molecular weight excluding hydrogens is 334 g/mol. The molecular formula is C17H25N7O2. The number of aryl methyl sites for hydroxylation is 1. The van der Waals surface area contributed by atoms with E-state index in [0.717, 1.165) is 44.4 Å². The van der Waals surface area contributed by atoms with Gasteiger partial charge in [-0.2, -0.15) is 4.98 Å². The summed E-state index contributed by atoms with van der Waals surface area (Å²) in [6.07, 6.45) is 1.71. The Bertz CT molecular complexity index is 744. The van der Waals surface area contributed by atoms with Crippen molar-refractivity contribution in [1.29, 1.82) is 0 Å². The molecule has 0 aromatic carbocycles. The van der Waals surface area contributed by atoms with Gasteiger partial charge in [0.25, 0.3) is 5.89 Å². The van der Waals surface area contributed by atoms with E-state index in [0.29, 0.717) is 24.4 Å². The molecule has 2 aromatic rings. The van der Waals surface area contributed by atoms with Crippen LogP contribution in [0.15, 0.2) is 16.8 Å². The zero-order valence-electron chi connectivity index (χ0n) is 15.5. The predicted molar refractivity (Wildman–Crippen MR) is 94.7 cm³/mol. The van der Waals surface area contributed by atoms with E-state index in [1.807, 2.05) is 38.2 Å². The van der Waals surface area contributed by atoms with Crippen LogP contribution < -0.4 is 4.90 Å². The van der Waals surface area contributed by atoms with Gasteiger partial charge in [-0.15, -0.1) is 0 Å². The highest BCUT2D eigenvalue weighted by Gasteiger charge is 2.36. The van der Waals surface area contributed by atoms with Gasteiger partial charge in [-0.25, -0.2) is 9.97 Å². The van der Waals surface area contributed by atoms with E-state index in [2.05, 4.69) is 29.9 Å². The first kappa shape index (κ1) is 17.3. The summed E-state index contributed by atoms with van der Waals surface area (Å²) in [6, 6.07) is 2.53. The second-order valence-electron chi connectivity index (χ2n) is 7.12. The molecule has 9 nitrogen and oxygen atoms in total. The molecule has 4 heterocycles. The van der Waals surface area contributed by atoms with Crippen molar-refractivity contribution < 1.29 is 9.26 Å². The van der Waals surface area contributed by atoms with Crippen LogP contribution in [0.1, 0.15) is 23.5 Å². The molecule has 2 fully saturated rings. The summed E-state index contributed by atoms with van der Waals surface area (Å²) in [5, 5.41) is 3.87. The third kappa shape index (κ3) is 3.69. The Hall–Kier alpha value is -2.10. The topological polar surface area (TPSA) is 83.7 Å². The zero-order chi connectivity index (χ0) is 18.1. The van der Waals surface area contributed by atoms with Crippen LogP contribution in [0.5, 0.6) is 0 Å². The molecule has 26 heavy (non-hydrogen) atoms. The molecule has 4 rings (SSSR count). The van der Waals surface area contributed by atoms with Crippen molar-refractivity contribution in [2.75, 3.05) is 51.8 Å². The van der Waals surface area contributed by atoms with Crippen LogP contribution in [-0.2, 0) is 11.3 Å². The molecule has 0 aliphatic carbocycles. The summed E-state index contributed by atoms with van der Waals surface area (Å²) in [4.78, 5) is 20.0. The van der Waals surface area contributed by atoms with Crippen LogP contribution in [0.4, 0.5) is 5.95 Å². The number of hydrogen-bond acceptors (Lipinski definition) is 9. The standard InChI is InChI=1S/C17H25N7O2/c1-12-19-16(26-21-12)15-11-24(6-7-25-15)14-9-23(10-14)8-13-4-5-18-17(20-13)22(2)3/h4-5,14-15H,6-11H2,1-3H3. The van der Waals surface area contributed by atoms with E-state index >= 15 is 0 Å². The lowest BCUT2D eigenvalue weighted by Gasteiger charge is -2.47. The Kier molecular flexibility index (Phi) is 4.84. The van der Waals surface area contributed by atoms with Crippen molar-refractivity contribution in [3.05, 3.63) is 29.7 Å². The fourth-order valence-electron chi connectivity index (χ4n) is 3.41. The van der Waals surface area contributed by atoms with Crippen molar-refractivity contribution >= 4 is 5.95 Å². The van der Waals surface area contributed by atoms with Gasteiger partial charge in [0.15, 0.2) is 5.82 Å². The maximum absolute atomic E-state index is 5.81. The van der Waals surface area contributed by atoms with Gasteiger partial charge in [0.05, 0.1) is 12.3 Å². The van der Waals surface area contributed by atoms with E-state index in [-0.39, 0.29) is 6.10 Å². The predicted octanol–water partition coefficient (Wildman–Crippen LogP) is 0.492. The Morgan fingerprint density at radius 3 is 2.81 bits per heavy atom. The molecule has 1 atom stereocenters. The molecule has 2 aliphatic heterocycles. The number of ether oxygens (including phenoxy) is 1. The molecule has 0 saturated carbocycles. The fraction of sp³-hybridized carbons (Fsp3) is 0.647. The summed E-state index contributed by atoms with van der Waals surface area (Å²) in [6.45, 7) is 7.20. The van der Waals surface area contributed by atoms with Crippen LogP contribution in [0, 0.1) is 6.92 Å². The van der Waals surface area contributed by atoms with Gasteiger partial charge >= 0.3 is 0 Å². The number of likely N-dealkylation sites (tertiary alicyclic amines) is 1. The van der Waals surface area contributed by atoms with Crippen LogP contribution in [0.25, 0.3) is 0 Å². The first-order valence-corrected chi connectivity index (χ1v) is 8.96. The van der Waals surface area contributed by atoms with Gasteiger partial charge in [-0.3, -0.25) is 9.80 Å². The third-order valence-corrected chi connectivity index (χ3v) is 4.86. The van der Waals surface area contributed by atoms with Crippen LogP contribution >= 0.6 is 0 Å². The molecule has 0 bridgehead atoms. The van der Waals surface area contributed by atoms with Crippen molar-refractivity contribution in [2.24, 2.45) is 0 Å². The minimum atomic E-state index is -0.122. The van der Waals surface area contributed by atoms with Gasteiger partial charge in [-0.05, 0) is 13.0 Å². The summed E-state index contributed by atoms with van der Waals surface area (Å²) < 4.78 is 11.1. The summed E-state index contributed by atoms with van der Waals surface area (Å²) in [5.41, 5.74) is 1.06. The molecule has 0 spiro atoms. The average Bonchev–Trinajstić information content (AvgIpc) is 3.04. The summed E-state index contributed by atoms with van der Waals surface area (Å²) >= 11 is 0. The third-order valence-electron chi connectivity index (χ3n) is 4.86. The monoisotopic (exact) mass is 359 g/mol. The van der Waals surface area contributed by atoms with Crippen molar-refractivity contribution in [3.8, 4) is 0 Å². The van der Waals surface area contributed by atoms with E-state index in [9.17, 15) is 0 Å². The number of aromatic nitrogens is 4.